The zero-order valence-corrected chi connectivity index (χ0v) is 11.2. The highest BCUT2D eigenvalue weighted by Gasteiger charge is 2.41. The fraction of sp³-hybridized carbons (Fsp3) is 0.846. The minimum absolute atomic E-state index is 0.000350. The quantitative estimate of drug-likeness (QED) is 0.704. The van der Waals surface area contributed by atoms with E-state index in [0.717, 1.165) is 12.5 Å². The van der Waals surface area contributed by atoms with Crippen LogP contribution in [0.3, 0.4) is 0 Å². The van der Waals surface area contributed by atoms with Gasteiger partial charge in [-0.15, -0.1) is 0 Å². The van der Waals surface area contributed by atoms with Crippen LogP contribution < -0.4 is 5.32 Å². The molecule has 5 nitrogen and oxygen atoms in total. The Bertz CT molecular complexity index is 341. The van der Waals surface area contributed by atoms with Gasteiger partial charge in [-0.3, -0.25) is 9.59 Å². The van der Waals surface area contributed by atoms with E-state index in [1.165, 1.54) is 12.8 Å². The maximum Gasteiger partial charge on any atom is 0.248 e. The number of piperazine rings is 1. The molecule has 0 aromatic heterocycles. The number of nitrogens with zero attached hydrogens (tertiary/aromatic N) is 1. The van der Waals surface area contributed by atoms with Crippen molar-refractivity contribution in [2.45, 2.75) is 38.6 Å². The first kappa shape index (κ1) is 13.3. The van der Waals surface area contributed by atoms with Gasteiger partial charge >= 0.3 is 0 Å². The van der Waals surface area contributed by atoms with E-state index in [1.54, 1.807) is 11.8 Å². The van der Waals surface area contributed by atoms with Gasteiger partial charge in [-0.05, 0) is 32.1 Å². The second kappa shape index (κ2) is 5.26. The first-order valence-corrected chi connectivity index (χ1v) is 6.73. The minimum Gasteiger partial charge on any atom is -0.379 e. The number of hydrogen-bond acceptors (Lipinski definition) is 3. The van der Waals surface area contributed by atoms with Gasteiger partial charge in [0.25, 0.3) is 0 Å². The van der Waals surface area contributed by atoms with Crippen LogP contribution in [0.1, 0.15) is 33.1 Å². The van der Waals surface area contributed by atoms with Crippen LogP contribution in [0.5, 0.6) is 0 Å². The summed E-state index contributed by atoms with van der Waals surface area (Å²) in [6.45, 7) is 5.67. The van der Waals surface area contributed by atoms with Gasteiger partial charge in [-0.2, -0.15) is 0 Å². The zero-order valence-electron chi connectivity index (χ0n) is 11.2. The molecule has 2 rings (SSSR count). The maximum atomic E-state index is 12.2. The van der Waals surface area contributed by atoms with Gasteiger partial charge in [0.15, 0.2) is 0 Å². The van der Waals surface area contributed by atoms with E-state index in [-0.39, 0.29) is 18.4 Å². The predicted molar refractivity (Wildman–Crippen MR) is 67.0 cm³/mol. The van der Waals surface area contributed by atoms with Crippen molar-refractivity contribution >= 4 is 11.8 Å². The van der Waals surface area contributed by atoms with Gasteiger partial charge in [-0.25, -0.2) is 0 Å². The number of nitrogens with one attached hydrogen (secondary N) is 1. The summed E-state index contributed by atoms with van der Waals surface area (Å²) in [4.78, 5) is 25.4. The average Bonchev–Trinajstić information content (AvgIpc) is 3.14. The van der Waals surface area contributed by atoms with Gasteiger partial charge in [0.1, 0.15) is 5.54 Å². The number of carbonyl (C=O) groups excluding carboxylic acids is 2. The molecule has 2 aliphatic rings. The third-order valence-corrected chi connectivity index (χ3v) is 3.77. The Kier molecular flexibility index (Phi) is 3.90. The van der Waals surface area contributed by atoms with Gasteiger partial charge in [0, 0.05) is 13.2 Å². The largest absolute Gasteiger partial charge is 0.379 e. The Morgan fingerprint density at radius 2 is 2.17 bits per heavy atom. The average molecular weight is 254 g/mol. The number of hydrogen-bond donors (Lipinski definition) is 1. The fourth-order valence-electron chi connectivity index (χ4n) is 2.12. The molecule has 2 fully saturated rings. The zero-order chi connectivity index (χ0) is 13.2. The molecule has 0 bridgehead atoms. The van der Waals surface area contributed by atoms with Crippen LogP contribution in [-0.2, 0) is 14.3 Å². The summed E-state index contributed by atoms with van der Waals surface area (Å²) in [7, 11) is 0. The van der Waals surface area contributed by atoms with Crippen LogP contribution in [0.4, 0.5) is 0 Å². The Morgan fingerprint density at radius 3 is 2.78 bits per heavy atom. The predicted octanol–water partition coefficient (Wildman–Crippen LogP) is 0.540. The summed E-state index contributed by atoms with van der Waals surface area (Å²) >= 11 is 0. The van der Waals surface area contributed by atoms with E-state index in [4.69, 9.17) is 4.74 Å². The summed E-state index contributed by atoms with van der Waals surface area (Å²) < 4.78 is 5.52. The van der Waals surface area contributed by atoms with E-state index >= 15 is 0 Å². The van der Waals surface area contributed by atoms with E-state index in [2.05, 4.69) is 5.32 Å². The second-order valence-corrected chi connectivity index (χ2v) is 5.48. The van der Waals surface area contributed by atoms with E-state index < -0.39 is 5.54 Å². The van der Waals surface area contributed by atoms with E-state index in [1.807, 2.05) is 6.92 Å². The third kappa shape index (κ3) is 3.02. The molecular weight excluding hydrogens is 232 g/mol. The van der Waals surface area contributed by atoms with Crippen molar-refractivity contribution in [3.63, 3.8) is 0 Å². The lowest BCUT2D eigenvalue weighted by molar-refractivity contribution is -0.150. The Balaban J connectivity index is 1.81. The lowest BCUT2D eigenvalue weighted by Crippen LogP contribution is -2.65. The molecule has 5 heteroatoms. The lowest BCUT2D eigenvalue weighted by atomic mass is 9.94. The van der Waals surface area contributed by atoms with Crippen LogP contribution in [0, 0.1) is 5.92 Å². The first-order chi connectivity index (χ1) is 8.55. The van der Waals surface area contributed by atoms with E-state index in [9.17, 15) is 9.59 Å². The van der Waals surface area contributed by atoms with Gasteiger partial charge in [0.05, 0.1) is 13.2 Å². The number of ether oxygens (including phenoxy) is 1. The molecule has 1 heterocycles. The van der Waals surface area contributed by atoms with Crippen LogP contribution in [0.25, 0.3) is 0 Å². The molecule has 1 aliphatic heterocycles. The molecule has 1 aliphatic carbocycles. The molecule has 0 aromatic carbocycles. The molecule has 1 N–H and O–H groups in total. The van der Waals surface area contributed by atoms with Crippen molar-refractivity contribution in [3.8, 4) is 0 Å². The summed E-state index contributed by atoms with van der Waals surface area (Å²) in [6.07, 6.45) is 3.13. The molecular formula is C13H22N2O3. The summed E-state index contributed by atoms with van der Waals surface area (Å²) in [6, 6.07) is 0. The Hall–Kier alpha value is -1.10. The second-order valence-electron chi connectivity index (χ2n) is 5.48. The van der Waals surface area contributed by atoms with Crippen molar-refractivity contribution in [2.24, 2.45) is 5.92 Å². The Morgan fingerprint density at radius 1 is 1.44 bits per heavy atom. The lowest BCUT2D eigenvalue weighted by Gasteiger charge is -2.39. The maximum absolute atomic E-state index is 12.2. The molecule has 1 unspecified atom stereocenters. The molecule has 18 heavy (non-hydrogen) atoms. The monoisotopic (exact) mass is 254 g/mol. The normalized spacial score (nSPS) is 28.4. The van der Waals surface area contributed by atoms with Crippen molar-refractivity contribution in [3.05, 3.63) is 0 Å². The van der Waals surface area contributed by atoms with Crippen molar-refractivity contribution in [1.29, 1.82) is 0 Å². The van der Waals surface area contributed by atoms with E-state index in [0.29, 0.717) is 19.6 Å². The molecule has 0 spiro atoms. The van der Waals surface area contributed by atoms with Crippen LogP contribution in [0.15, 0.2) is 0 Å². The van der Waals surface area contributed by atoms with Crippen LogP contribution in [-0.4, -0.2) is 48.6 Å². The minimum atomic E-state index is -0.744. The standard InChI is InChI=1S/C13H22N2O3/c1-3-13(2)12(17)15(8-11(16)14-13)6-7-18-9-10-4-5-10/h10H,3-9H2,1-2H3,(H,14,16). The molecule has 2 amide bonds. The molecule has 0 aromatic rings. The Labute approximate surface area is 108 Å². The highest BCUT2D eigenvalue weighted by molar-refractivity contribution is 5.97. The topological polar surface area (TPSA) is 58.6 Å². The van der Waals surface area contributed by atoms with Crippen molar-refractivity contribution in [2.75, 3.05) is 26.3 Å². The van der Waals surface area contributed by atoms with Crippen molar-refractivity contribution < 1.29 is 14.3 Å². The molecule has 1 saturated heterocycles. The summed E-state index contributed by atoms with van der Waals surface area (Å²) in [5.74, 6) is 0.645. The summed E-state index contributed by atoms with van der Waals surface area (Å²) in [5.41, 5.74) is -0.744. The number of amides is 2. The van der Waals surface area contributed by atoms with Crippen molar-refractivity contribution in [1.82, 2.24) is 10.2 Å². The smallest absolute Gasteiger partial charge is 0.248 e. The molecule has 1 atom stereocenters. The fourth-order valence-corrected chi connectivity index (χ4v) is 2.12. The van der Waals surface area contributed by atoms with Gasteiger partial charge < -0.3 is 15.0 Å². The highest BCUT2D eigenvalue weighted by Crippen LogP contribution is 2.28. The van der Waals surface area contributed by atoms with Gasteiger partial charge in [0.2, 0.25) is 11.8 Å². The van der Waals surface area contributed by atoms with Crippen LogP contribution >= 0.6 is 0 Å². The molecule has 0 radical (unpaired) electrons. The number of rotatable bonds is 6. The molecule has 102 valence electrons. The first-order valence-electron chi connectivity index (χ1n) is 6.73. The SMILES string of the molecule is CCC1(C)NC(=O)CN(CCOCC2CC2)C1=O. The molecule has 1 saturated carbocycles. The number of carbonyl (C=O) groups is 2. The third-order valence-electron chi connectivity index (χ3n) is 3.77. The summed E-state index contributed by atoms with van der Waals surface area (Å²) in [5, 5.41) is 2.77. The van der Waals surface area contributed by atoms with Gasteiger partial charge in [-0.1, -0.05) is 6.92 Å². The van der Waals surface area contributed by atoms with Crippen LogP contribution in [0.2, 0.25) is 0 Å². The highest BCUT2D eigenvalue weighted by atomic mass is 16.5.